The number of hydrogen-bond donors (Lipinski definition) is 1. The number of ether oxygens (including phenoxy) is 1. The first-order chi connectivity index (χ1) is 7.65. The number of H-pyrrole nitrogens is 1. The topological polar surface area (TPSA) is 45.3 Å². The van der Waals surface area contributed by atoms with Gasteiger partial charge in [0.2, 0.25) is 0 Å². The number of Topliss-reactive ketones (excluding diaryl/α,β-unsaturated/α-hetero) is 1. The van der Waals surface area contributed by atoms with Crippen LogP contribution in [0.25, 0.3) is 0 Å². The van der Waals surface area contributed by atoms with Crippen LogP contribution in [0.5, 0.6) is 0 Å². The Kier molecular flexibility index (Phi) is 3.41. The van der Waals surface area contributed by atoms with Crippen molar-refractivity contribution < 1.29 is 9.53 Å². The Bertz CT molecular complexity index is 338. The van der Waals surface area contributed by atoms with Crippen molar-refractivity contribution >= 4 is 5.78 Å². The monoisotopic (exact) mass is 222 g/mol. The lowest BCUT2D eigenvalue weighted by atomic mass is 10.2. The number of ketones is 1. The SMILES string of the molecule is CC1CN(CC(=O)c2ccc[nH]2)CC(C)O1. The fourth-order valence-corrected chi connectivity index (χ4v) is 2.21. The number of rotatable bonds is 3. The van der Waals surface area contributed by atoms with E-state index in [1.54, 1.807) is 6.20 Å². The maximum absolute atomic E-state index is 11.9. The highest BCUT2D eigenvalue weighted by Crippen LogP contribution is 2.11. The van der Waals surface area contributed by atoms with Gasteiger partial charge in [0.05, 0.1) is 24.4 Å². The highest BCUT2D eigenvalue weighted by atomic mass is 16.5. The van der Waals surface area contributed by atoms with Gasteiger partial charge in [0.15, 0.2) is 5.78 Å². The predicted octanol–water partition coefficient (Wildman–Crippen LogP) is 1.31. The molecule has 1 aromatic heterocycles. The molecular formula is C12H18N2O2. The van der Waals surface area contributed by atoms with Crippen molar-refractivity contribution in [3.05, 3.63) is 24.0 Å². The third-order valence-corrected chi connectivity index (χ3v) is 2.76. The van der Waals surface area contributed by atoms with Crippen LogP contribution in [0, 0.1) is 0 Å². The smallest absolute Gasteiger partial charge is 0.192 e. The molecule has 0 radical (unpaired) electrons. The maximum atomic E-state index is 11.9. The summed E-state index contributed by atoms with van der Waals surface area (Å²) < 4.78 is 5.63. The molecule has 0 aromatic carbocycles. The van der Waals surface area contributed by atoms with Gasteiger partial charge in [-0.3, -0.25) is 9.69 Å². The van der Waals surface area contributed by atoms with Gasteiger partial charge < -0.3 is 9.72 Å². The first kappa shape index (κ1) is 11.4. The van der Waals surface area contributed by atoms with E-state index in [0.717, 1.165) is 13.1 Å². The lowest BCUT2D eigenvalue weighted by Crippen LogP contribution is -2.47. The molecule has 1 N–H and O–H groups in total. The lowest BCUT2D eigenvalue weighted by Gasteiger charge is -2.34. The number of hydrogen-bond acceptors (Lipinski definition) is 3. The van der Waals surface area contributed by atoms with Gasteiger partial charge in [-0.2, -0.15) is 0 Å². The summed E-state index contributed by atoms with van der Waals surface area (Å²) in [6, 6.07) is 3.66. The second-order valence-corrected chi connectivity index (χ2v) is 4.46. The number of aromatic amines is 1. The summed E-state index contributed by atoms with van der Waals surface area (Å²) in [4.78, 5) is 17.0. The summed E-state index contributed by atoms with van der Waals surface area (Å²) >= 11 is 0. The molecule has 2 rings (SSSR count). The van der Waals surface area contributed by atoms with Crippen molar-refractivity contribution in [3.63, 3.8) is 0 Å². The molecule has 2 atom stereocenters. The second-order valence-electron chi connectivity index (χ2n) is 4.46. The van der Waals surface area contributed by atoms with Crippen LogP contribution in [0.3, 0.4) is 0 Å². The zero-order valence-corrected chi connectivity index (χ0v) is 9.77. The Balaban J connectivity index is 1.92. The quantitative estimate of drug-likeness (QED) is 0.784. The summed E-state index contributed by atoms with van der Waals surface area (Å²) in [5, 5.41) is 0. The number of carbonyl (C=O) groups is 1. The molecule has 1 saturated heterocycles. The minimum Gasteiger partial charge on any atom is -0.373 e. The molecule has 0 saturated carbocycles. The molecule has 16 heavy (non-hydrogen) atoms. The summed E-state index contributed by atoms with van der Waals surface area (Å²) in [6.07, 6.45) is 2.19. The zero-order chi connectivity index (χ0) is 11.5. The van der Waals surface area contributed by atoms with E-state index >= 15 is 0 Å². The van der Waals surface area contributed by atoms with Crippen molar-refractivity contribution in [2.75, 3.05) is 19.6 Å². The van der Waals surface area contributed by atoms with Crippen molar-refractivity contribution in [1.29, 1.82) is 0 Å². The molecular weight excluding hydrogens is 204 g/mol. The molecule has 2 heterocycles. The maximum Gasteiger partial charge on any atom is 0.192 e. The summed E-state index contributed by atoms with van der Waals surface area (Å²) in [7, 11) is 0. The standard InChI is InChI=1S/C12H18N2O2/c1-9-6-14(7-10(2)16-9)8-12(15)11-4-3-5-13-11/h3-5,9-10,13H,6-8H2,1-2H3. The molecule has 4 heteroatoms. The highest BCUT2D eigenvalue weighted by molar-refractivity contribution is 5.95. The van der Waals surface area contributed by atoms with Crippen LogP contribution >= 0.6 is 0 Å². The van der Waals surface area contributed by atoms with Gasteiger partial charge in [0.1, 0.15) is 0 Å². The first-order valence-electron chi connectivity index (χ1n) is 5.69. The van der Waals surface area contributed by atoms with E-state index in [9.17, 15) is 4.79 Å². The van der Waals surface area contributed by atoms with E-state index in [1.807, 2.05) is 26.0 Å². The van der Waals surface area contributed by atoms with Crippen LogP contribution in [0.4, 0.5) is 0 Å². The average Bonchev–Trinajstić information content (AvgIpc) is 2.68. The van der Waals surface area contributed by atoms with E-state index in [4.69, 9.17) is 4.74 Å². The van der Waals surface area contributed by atoms with Crippen LogP contribution in [-0.2, 0) is 4.74 Å². The minimum absolute atomic E-state index is 0.145. The number of nitrogens with zero attached hydrogens (tertiary/aromatic N) is 1. The molecule has 1 aliphatic heterocycles. The van der Waals surface area contributed by atoms with E-state index in [-0.39, 0.29) is 18.0 Å². The Morgan fingerprint density at radius 3 is 2.75 bits per heavy atom. The molecule has 88 valence electrons. The third-order valence-electron chi connectivity index (χ3n) is 2.76. The number of aromatic nitrogens is 1. The zero-order valence-electron chi connectivity index (χ0n) is 9.77. The lowest BCUT2D eigenvalue weighted by molar-refractivity contribution is -0.0652. The molecule has 1 fully saturated rings. The largest absolute Gasteiger partial charge is 0.373 e. The van der Waals surface area contributed by atoms with E-state index < -0.39 is 0 Å². The third kappa shape index (κ3) is 2.71. The highest BCUT2D eigenvalue weighted by Gasteiger charge is 2.24. The average molecular weight is 222 g/mol. The number of carbonyl (C=O) groups excluding carboxylic acids is 1. The molecule has 0 aliphatic carbocycles. The van der Waals surface area contributed by atoms with Crippen molar-refractivity contribution in [1.82, 2.24) is 9.88 Å². The molecule has 4 nitrogen and oxygen atoms in total. The van der Waals surface area contributed by atoms with E-state index in [0.29, 0.717) is 12.2 Å². The Morgan fingerprint density at radius 2 is 2.19 bits per heavy atom. The minimum atomic E-state index is 0.145. The van der Waals surface area contributed by atoms with Gasteiger partial charge in [0.25, 0.3) is 0 Å². The summed E-state index contributed by atoms with van der Waals surface area (Å²) in [5.74, 6) is 0.145. The summed E-state index contributed by atoms with van der Waals surface area (Å²) in [6.45, 7) is 6.22. The fraction of sp³-hybridized carbons (Fsp3) is 0.583. The molecule has 1 aromatic rings. The molecule has 0 bridgehead atoms. The van der Waals surface area contributed by atoms with Gasteiger partial charge in [-0.1, -0.05) is 0 Å². The van der Waals surface area contributed by atoms with Crippen LogP contribution in [0.2, 0.25) is 0 Å². The Morgan fingerprint density at radius 1 is 1.50 bits per heavy atom. The van der Waals surface area contributed by atoms with Crippen LogP contribution in [0.1, 0.15) is 24.3 Å². The molecule has 1 aliphatic rings. The Labute approximate surface area is 95.6 Å². The van der Waals surface area contributed by atoms with E-state index in [2.05, 4.69) is 9.88 Å². The summed E-state index contributed by atoms with van der Waals surface area (Å²) in [5.41, 5.74) is 0.687. The van der Waals surface area contributed by atoms with Gasteiger partial charge in [-0.05, 0) is 26.0 Å². The van der Waals surface area contributed by atoms with Gasteiger partial charge >= 0.3 is 0 Å². The predicted molar refractivity (Wildman–Crippen MR) is 61.6 cm³/mol. The van der Waals surface area contributed by atoms with Gasteiger partial charge in [-0.25, -0.2) is 0 Å². The van der Waals surface area contributed by atoms with E-state index in [1.165, 1.54) is 0 Å². The van der Waals surface area contributed by atoms with Crippen molar-refractivity contribution in [2.45, 2.75) is 26.1 Å². The normalized spacial score (nSPS) is 26.9. The van der Waals surface area contributed by atoms with Crippen LogP contribution in [-0.4, -0.2) is 47.5 Å². The van der Waals surface area contributed by atoms with Crippen LogP contribution < -0.4 is 0 Å². The fourth-order valence-electron chi connectivity index (χ4n) is 2.21. The molecule has 2 unspecified atom stereocenters. The van der Waals surface area contributed by atoms with Crippen LogP contribution in [0.15, 0.2) is 18.3 Å². The first-order valence-corrected chi connectivity index (χ1v) is 5.69. The number of nitrogens with one attached hydrogen (secondary N) is 1. The number of morpholine rings is 1. The molecule has 0 spiro atoms. The Hall–Kier alpha value is -1.13. The van der Waals surface area contributed by atoms with Gasteiger partial charge in [-0.15, -0.1) is 0 Å². The van der Waals surface area contributed by atoms with Gasteiger partial charge in [0, 0.05) is 19.3 Å². The van der Waals surface area contributed by atoms with Crippen molar-refractivity contribution in [2.24, 2.45) is 0 Å². The van der Waals surface area contributed by atoms with Crippen molar-refractivity contribution in [3.8, 4) is 0 Å². The second kappa shape index (κ2) is 4.80. The molecule has 0 amide bonds.